The van der Waals surface area contributed by atoms with Crippen LogP contribution in [-0.4, -0.2) is 6.54 Å². The van der Waals surface area contributed by atoms with Crippen molar-refractivity contribution in [2.24, 2.45) is 5.73 Å². The molecule has 0 saturated carbocycles. The van der Waals surface area contributed by atoms with Gasteiger partial charge in [0.2, 0.25) is 0 Å². The van der Waals surface area contributed by atoms with Gasteiger partial charge in [-0.05, 0) is 55.2 Å². The molecular weight excluding hydrogens is 268 g/mol. The van der Waals surface area contributed by atoms with Gasteiger partial charge in [0, 0.05) is 6.54 Å². The summed E-state index contributed by atoms with van der Waals surface area (Å²) in [5.41, 5.74) is 11.9. The minimum absolute atomic E-state index is 0.0641. The van der Waals surface area contributed by atoms with Gasteiger partial charge in [-0.25, -0.2) is 0 Å². The Labute approximate surface area is 126 Å². The van der Waals surface area contributed by atoms with Gasteiger partial charge in [-0.3, -0.25) is 0 Å². The second-order valence-electron chi connectivity index (χ2n) is 5.21. The van der Waals surface area contributed by atoms with Crippen LogP contribution in [0.15, 0.2) is 36.4 Å². The van der Waals surface area contributed by atoms with Crippen molar-refractivity contribution in [2.45, 2.75) is 26.8 Å². The first-order chi connectivity index (χ1) is 9.52. The third kappa shape index (κ3) is 3.14. The topological polar surface area (TPSA) is 38.0 Å². The number of para-hydroxylation sites is 1. The summed E-state index contributed by atoms with van der Waals surface area (Å²) in [7, 11) is 0. The van der Waals surface area contributed by atoms with E-state index in [1.807, 2.05) is 24.3 Å². The highest BCUT2D eigenvalue weighted by molar-refractivity contribution is 6.33. The maximum Gasteiger partial charge on any atom is 0.0639 e. The summed E-state index contributed by atoms with van der Waals surface area (Å²) in [5.74, 6) is 0. The molecule has 3 N–H and O–H groups in total. The molecule has 20 heavy (non-hydrogen) atoms. The Hall–Kier alpha value is -1.51. The molecule has 1 atom stereocenters. The van der Waals surface area contributed by atoms with Crippen LogP contribution in [0.25, 0.3) is 0 Å². The van der Waals surface area contributed by atoms with E-state index in [4.69, 9.17) is 17.3 Å². The first-order valence-corrected chi connectivity index (χ1v) is 7.19. The van der Waals surface area contributed by atoms with E-state index in [-0.39, 0.29) is 6.04 Å². The molecule has 1 unspecified atom stereocenters. The second-order valence-corrected chi connectivity index (χ2v) is 5.61. The highest BCUT2D eigenvalue weighted by atomic mass is 35.5. The van der Waals surface area contributed by atoms with Gasteiger partial charge in [0.05, 0.1) is 16.8 Å². The molecule has 2 rings (SSSR count). The van der Waals surface area contributed by atoms with E-state index in [9.17, 15) is 0 Å². The van der Waals surface area contributed by atoms with Gasteiger partial charge < -0.3 is 11.1 Å². The molecule has 0 aliphatic heterocycles. The van der Waals surface area contributed by atoms with Crippen LogP contribution in [0.4, 0.5) is 5.69 Å². The van der Waals surface area contributed by atoms with Crippen LogP contribution in [0.2, 0.25) is 5.02 Å². The molecule has 2 nitrogen and oxygen atoms in total. The summed E-state index contributed by atoms with van der Waals surface area (Å²) in [6, 6.07) is 12.2. The Balaban J connectivity index is 2.34. The molecule has 0 fully saturated rings. The van der Waals surface area contributed by atoms with Gasteiger partial charge in [0.1, 0.15) is 0 Å². The van der Waals surface area contributed by atoms with Crippen molar-refractivity contribution in [1.29, 1.82) is 0 Å². The minimum atomic E-state index is 0.0641. The Bertz CT molecular complexity index is 608. The number of halogens is 1. The number of nitrogens with two attached hydrogens (primary N) is 1. The Kier molecular flexibility index (Phi) is 4.69. The standard InChI is InChI=1S/C17H21ClN2/c1-11-8-13(3)14(9-12(11)2)17(10-19)20-16-7-5-4-6-15(16)18/h4-9,17,20H,10,19H2,1-3H3. The highest BCUT2D eigenvalue weighted by Gasteiger charge is 2.14. The Morgan fingerprint density at radius 2 is 1.70 bits per heavy atom. The largest absolute Gasteiger partial charge is 0.376 e. The first kappa shape index (κ1) is 14.9. The number of aryl methyl sites for hydroxylation is 3. The van der Waals surface area contributed by atoms with Gasteiger partial charge in [0.15, 0.2) is 0 Å². The molecule has 0 saturated heterocycles. The fraction of sp³-hybridized carbons (Fsp3) is 0.294. The summed E-state index contributed by atoms with van der Waals surface area (Å²) in [6.45, 7) is 6.90. The molecular formula is C17H21ClN2. The molecule has 106 valence electrons. The van der Waals surface area contributed by atoms with E-state index in [0.717, 1.165) is 5.69 Å². The predicted molar refractivity (Wildman–Crippen MR) is 87.5 cm³/mol. The number of benzene rings is 2. The Morgan fingerprint density at radius 3 is 2.35 bits per heavy atom. The van der Waals surface area contributed by atoms with E-state index in [0.29, 0.717) is 11.6 Å². The molecule has 0 heterocycles. The highest BCUT2D eigenvalue weighted by Crippen LogP contribution is 2.28. The normalized spacial score (nSPS) is 12.2. The summed E-state index contributed by atoms with van der Waals surface area (Å²) >= 11 is 6.21. The Morgan fingerprint density at radius 1 is 1.05 bits per heavy atom. The van der Waals surface area contributed by atoms with Gasteiger partial charge in [-0.15, -0.1) is 0 Å². The fourth-order valence-corrected chi connectivity index (χ4v) is 2.58. The van der Waals surface area contributed by atoms with Gasteiger partial charge in [-0.1, -0.05) is 35.9 Å². The van der Waals surface area contributed by atoms with Crippen LogP contribution in [0, 0.1) is 20.8 Å². The van der Waals surface area contributed by atoms with Crippen molar-refractivity contribution < 1.29 is 0 Å². The van der Waals surface area contributed by atoms with Crippen molar-refractivity contribution >= 4 is 17.3 Å². The third-order valence-corrected chi connectivity index (χ3v) is 4.03. The lowest BCUT2D eigenvalue weighted by Gasteiger charge is -2.22. The zero-order valence-electron chi connectivity index (χ0n) is 12.2. The number of rotatable bonds is 4. The van der Waals surface area contributed by atoms with Crippen molar-refractivity contribution in [2.75, 3.05) is 11.9 Å². The monoisotopic (exact) mass is 288 g/mol. The number of anilines is 1. The average molecular weight is 289 g/mol. The lowest BCUT2D eigenvalue weighted by atomic mass is 9.95. The van der Waals surface area contributed by atoms with E-state index >= 15 is 0 Å². The predicted octanol–water partition coefficient (Wildman–Crippen LogP) is 4.38. The molecule has 0 radical (unpaired) electrons. The number of hydrogen-bond acceptors (Lipinski definition) is 2. The lowest BCUT2D eigenvalue weighted by molar-refractivity contribution is 0.782. The van der Waals surface area contributed by atoms with Gasteiger partial charge >= 0.3 is 0 Å². The maximum atomic E-state index is 6.21. The van der Waals surface area contributed by atoms with Crippen molar-refractivity contribution in [3.63, 3.8) is 0 Å². The summed E-state index contributed by atoms with van der Waals surface area (Å²) in [6.07, 6.45) is 0. The smallest absolute Gasteiger partial charge is 0.0639 e. The molecule has 0 amide bonds. The van der Waals surface area contributed by atoms with Crippen LogP contribution in [0.3, 0.4) is 0 Å². The summed E-state index contributed by atoms with van der Waals surface area (Å²) in [5, 5.41) is 4.16. The summed E-state index contributed by atoms with van der Waals surface area (Å²) < 4.78 is 0. The van der Waals surface area contributed by atoms with Crippen molar-refractivity contribution in [3.8, 4) is 0 Å². The lowest BCUT2D eigenvalue weighted by Crippen LogP contribution is -2.22. The molecule has 0 aromatic heterocycles. The molecule has 0 bridgehead atoms. The quantitative estimate of drug-likeness (QED) is 0.876. The number of hydrogen-bond donors (Lipinski definition) is 2. The van der Waals surface area contributed by atoms with E-state index in [1.54, 1.807) is 0 Å². The molecule has 3 heteroatoms. The first-order valence-electron chi connectivity index (χ1n) is 6.81. The van der Waals surface area contributed by atoms with Crippen molar-refractivity contribution in [1.82, 2.24) is 0 Å². The molecule has 2 aromatic carbocycles. The average Bonchev–Trinajstić information content (AvgIpc) is 2.42. The maximum absolute atomic E-state index is 6.21. The SMILES string of the molecule is Cc1cc(C)c(C(CN)Nc2ccccc2Cl)cc1C. The molecule has 0 aliphatic rings. The fourth-order valence-electron chi connectivity index (χ4n) is 2.39. The second kappa shape index (κ2) is 6.29. The van der Waals surface area contributed by atoms with E-state index in [1.165, 1.54) is 22.3 Å². The number of nitrogens with one attached hydrogen (secondary N) is 1. The molecule has 2 aromatic rings. The molecule has 0 aliphatic carbocycles. The van der Waals surface area contributed by atoms with Crippen LogP contribution < -0.4 is 11.1 Å². The third-order valence-electron chi connectivity index (χ3n) is 3.70. The van der Waals surface area contributed by atoms with Crippen LogP contribution >= 0.6 is 11.6 Å². The minimum Gasteiger partial charge on any atom is -0.376 e. The van der Waals surface area contributed by atoms with E-state index in [2.05, 4.69) is 38.2 Å². The van der Waals surface area contributed by atoms with E-state index < -0.39 is 0 Å². The van der Waals surface area contributed by atoms with Gasteiger partial charge in [0.25, 0.3) is 0 Å². The van der Waals surface area contributed by atoms with Gasteiger partial charge in [-0.2, -0.15) is 0 Å². The van der Waals surface area contributed by atoms with Crippen molar-refractivity contribution in [3.05, 3.63) is 63.7 Å². The molecule has 0 spiro atoms. The summed E-state index contributed by atoms with van der Waals surface area (Å²) in [4.78, 5) is 0. The zero-order chi connectivity index (χ0) is 14.7. The van der Waals surface area contributed by atoms with Crippen LogP contribution in [0.1, 0.15) is 28.3 Å². The van der Waals surface area contributed by atoms with Crippen LogP contribution in [0.5, 0.6) is 0 Å². The van der Waals surface area contributed by atoms with Crippen LogP contribution in [-0.2, 0) is 0 Å². The zero-order valence-corrected chi connectivity index (χ0v) is 13.0.